The van der Waals surface area contributed by atoms with Crippen molar-refractivity contribution < 1.29 is 19.9 Å². The molecule has 6 nitrogen and oxygen atoms in total. The Balaban J connectivity index is 3.16. The van der Waals surface area contributed by atoms with Crippen molar-refractivity contribution in [3.8, 4) is 0 Å². The smallest absolute Gasteiger partial charge is 0.340 e. The van der Waals surface area contributed by atoms with Crippen LogP contribution in [0.5, 0.6) is 0 Å². The number of nitrogens with zero attached hydrogens (tertiary/aromatic N) is 1. The average Bonchev–Trinajstić information content (AvgIpc) is 2.29. The van der Waals surface area contributed by atoms with Gasteiger partial charge in [-0.2, -0.15) is 0 Å². The lowest BCUT2D eigenvalue weighted by molar-refractivity contribution is -0.384. The number of carbonyl (C=O) groups is 1. The van der Waals surface area contributed by atoms with Gasteiger partial charge in [0.15, 0.2) is 5.60 Å². The van der Waals surface area contributed by atoms with Gasteiger partial charge in [0.2, 0.25) is 0 Å². The standard InChI is InChI=1S/C11H11NO5/c1-2-7-11(15,10(13)14)8-3-5-9(6-4-8)12(16)17/h2-6,15H,1,7H2,(H,13,14). The summed E-state index contributed by atoms with van der Waals surface area (Å²) in [6.45, 7) is 3.37. The van der Waals surface area contributed by atoms with Crippen LogP contribution in [0.2, 0.25) is 0 Å². The zero-order chi connectivity index (χ0) is 13.1. The average molecular weight is 237 g/mol. The van der Waals surface area contributed by atoms with E-state index in [0.29, 0.717) is 0 Å². The van der Waals surface area contributed by atoms with Crippen LogP contribution in [0, 0.1) is 10.1 Å². The zero-order valence-corrected chi connectivity index (χ0v) is 8.87. The molecule has 1 unspecified atom stereocenters. The number of aliphatic hydroxyl groups is 1. The predicted molar refractivity (Wildman–Crippen MR) is 59.4 cm³/mol. The molecule has 6 heteroatoms. The second kappa shape index (κ2) is 4.75. The topological polar surface area (TPSA) is 101 Å². The second-order valence-electron chi connectivity index (χ2n) is 3.46. The van der Waals surface area contributed by atoms with Gasteiger partial charge in [-0.1, -0.05) is 6.08 Å². The lowest BCUT2D eigenvalue weighted by atomic mass is 9.90. The largest absolute Gasteiger partial charge is 0.479 e. The highest BCUT2D eigenvalue weighted by atomic mass is 16.6. The van der Waals surface area contributed by atoms with Gasteiger partial charge in [-0.3, -0.25) is 10.1 Å². The van der Waals surface area contributed by atoms with Gasteiger partial charge in [0.05, 0.1) is 4.92 Å². The van der Waals surface area contributed by atoms with Gasteiger partial charge < -0.3 is 10.2 Å². The van der Waals surface area contributed by atoms with Crippen molar-refractivity contribution in [1.29, 1.82) is 0 Å². The molecule has 90 valence electrons. The van der Waals surface area contributed by atoms with Crippen LogP contribution in [-0.4, -0.2) is 21.1 Å². The maximum atomic E-state index is 11.0. The molecule has 0 saturated carbocycles. The van der Waals surface area contributed by atoms with E-state index in [1.807, 2.05) is 0 Å². The number of nitro groups is 1. The molecule has 0 spiro atoms. The lowest BCUT2D eigenvalue weighted by Gasteiger charge is -2.21. The number of carboxylic acid groups (broad SMARTS) is 1. The molecule has 0 heterocycles. The minimum Gasteiger partial charge on any atom is -0.479 e. The molecule has 2 N–H and O–H groups in total. The van der Waals surface area contributed by atoms with Crippen LogP contribution in [0.15, 0.2) is 36.9 Å². The third-order valence-electron chi connectivity index (χ3n) is 2.35. The summed E-state index contributed by atoms with van der Waals surface area (Å²) in [7, 11) is 0. The molecule has 0 aromatic heterocycles. The summed E-state index contributed by atoms with van der Waals surface area (Å²) in [5.41, 5.74) is -2.19. The first-order chi connectivity index (χ1) is 7.91. The molecule has 0 fully saturated rings. The summed E-state index contributed by atoms with van der Waals surface area (Å²) in [5.74, 6) is -1.42. The first kappa shape index (κ1) is 12.9. The number of rotatable bonds is 5. The van der Waals surface area contributed by atoms with Crippen molar-refractivity contribution in [2.24, 2.45) is 0 Å². The normalized spacial score (nSPS) is 13.7. The summed E-state index contributed by atoms with van der Waals surface area (Å²) in [5, 5.41) is 29.3. The number of nitro benzene ring substituents is 1. The minimum absolute atomic E-state index is 0.0792. The molecule has 1 aromatic carbocycles. The number of benzene rings is 1. The van der Waals surface area contributed by atoms with E-state index in [9.17, 15) is 20.0 Å². The van der Waals surface area contributed by atoms with Gasteiger partial charge in [-0.05, 0) is 17.7 Å². The first-order valence-electron chi connectivity index (χ1n) is 4.73. The Labute approximate surface area is 97.0 Å². The van der Waals surface area contributed by atoms with Crippen molar-refractivity contribution in [3.63, 3.8) is 0 Å². The maximum Gasteiger partial charge on any atom is 0.340 e. The van der Waals surface area contributed by atoms with Gasteiger partial charge in [0.25, 0.3) is 5.69 Å². The van der Waals surface area contributed by atoms with Crippen LogP contribution < -0.4 is 0 Å². The number of non-ortho nitro benzene ring substituents is 1. The molecule has 17 heavy (non-hydrogen) atoms. The maximum absolute atomic E-state index is 11.0. The fourth-order valence-corrected chi connectivity index (χ4v) is 1.40. The van der Waals surface area contributed by atoms with Gasteiger partial charge in [0.1, 0.15) is 0 Å². The molecule has 0 aliphatic rings. The molecule has 1 atom stereocenters. The van der Waals surface area contributed by atoms with Gasteiger partial charge >= 0.3 is 5.97 Å². The Hall–Kier alpha value is -2.21. The van der Waals surface area contributed by atoms with Gasteiger partial charge in [-0.25, -0.2) is 4.79 Å². The Morgan fingerprint density at radius 2 is 2.00 bits per heavy atom. The Kier molecular flexibility index (Phi) is 3.59. The summed E-state index contributed by atoms with van der Waals surface area (Å²) >= 11 is 0. The quantitative estimate of drug-likeness (QED) is 0.458. The summed E-state index contributed by atoms with van der Waals surface area (Å²) in [6, 6.07) is 4.73. The van der Waals surface area contributed by atoms with Crippen LogP contribution in [0.3, 0.4) is 0 Å². The van der Waals surface area contributed by atoms with Crippen molar-refractivity contribution in [2.45, 2.75) is 12.0 Å². The van der Waals surface area contributed by atoms with E-state index in [2.05, 4.69) is 6.58 Å². The number of hydrogen-bond donors (Lipinski definition) is 2. The summed E-state index contributed by atoms with van der Waals surface area (Å²) < 4.78 is 0. The van der Waals surface area contributed by atoms with Gasteiger partial charge in [-0.15, -0.1) is 6.58 Å². The molecular formula is C11H11NO5. The SMILES string of the molecule is C=CCC(O)(C(=O)O)c1ccc([N+](=O)[O-])cc1. The van der Waals surface area contributed by atoms with Crippen molar-refractivity contribution in [2.75, 3.05) is 0 Å². The minimum atomic E-state index is -2.10. The monoisotopic (exact) mass is 237 g/mol. The van der Waals surface area contributed by atoms with E-state index in [-0.39, 0.29) is 17.7 Å². The molecule has 0 aliphatic heterocycles. The van der Waals surface area contributed by atoms with Crippen LogP contribution in [0.1, 0.15) is 12.0 Å². The fourth-order valence-electron chi connectivity index (χ4n) is 1.40. The number of hydrogen-bond acceptors (Lipinski definition) is 4. The third kappa shape index (κ3) is 2.48. The van der Waals surface area contributed by atoms with Crippen LogP contribution in [0.4, 0.5) is 5.69 Å². The van der Waals surface area contributed by atoms with Crippen molar-refractivity contribution >= 4 is 11.7 Å². The zero-order valence-electron chi connectivity index (χ0n) is 8.87. The molecule has 0 bridgehead atoms. The highest BCUT2D eigenvalue weighted by Crippen LogP contribution is 2.27. The van der Waals surface area contributed by atoms with E-state index in [0.717, 1.165) is 12.1 Å². The number of aliphatic carboxylic acids is 1. The van der Waals surface area contributed by atoms with Crippen molar-refractivity contribution in [3.05, 3.63) is 52.6 Å². The fraction of sp³-hybridized carbons (Fsp3) is 0.182. The molecular weight excluding hydrogens is 226 g/mol. The van der Waals surface area contributed by atoms with Crippen LogP contribution >= 0.6 is 0 Å². The molecule has 1 rings (SSSR count). The first-order valence-corrected chi connectivity index (χ1v) is 4.73. The predicted octanol–water partition coefficient (Wildman–Crippen LogP) is 1.44. The second-order valence-corrected chi connectivity index (χ2v) is 3.46. The molecule has 1 aromatic rings. The van der Waals surface area contributed by atoms with E-state index >= 15 is 0 Å². The molecule has 0 saturated heterocycles. The van der Waals surface area contributed by atoms with Gasteiger partial charge in [0, 0.05) is 18.6 Å². The van der Waals surface area contributed by atoms with E-state index in [1.165, 1.54) is 18.2 Å². The summed E-state index contributed by atoms with van der Waals surface area (Å²) in [6.07, 6.45) is 1.09. The lowest BCUT2D eigenvalue weighted by Crippen LogP contribution is -2.34. The number of carboxylic acids is 1. The Bertz CT molecular complexity index is 453. The highest BCUT2D eigenvalue weighted by molar-refractivity contribution is 5.79. The highest BCUT2D eigenvalue weighted by Gasteiger charge is 2.36. The third-order valence-corrected chi connectivity index (χ3v) is 2.35. The Morgan fingerprint density at radius 1 is 1.47 bits per heavy atom. The van der Waals surface area contributed by atoms with Crippen molar-refractivity contribution in [1.82, 2.24) is 0 Å². The Morgan fingerprint density at radius 3 is 2.35 bits per heavy atom. The molecule has 0 amide bonds. The molecule has 0 aliphatic carbocycles. The van der Waals surface area contributed by atoms with E-state index in [1.54, 1.807) is 0 Å². The molecule has 0 radical (unpaired) electrons. The van der Waals surface area contributed by atoms with Crippen LogP contribution in [0.25, 0.3) is 0 Å². The van der Waals surface area contributed by atoms with E-state index in [4.69, 9.17) is 5.11 Å². The van der Waals surface area contributed by atoms with E-state index < -0.39 is 16.5 Å². The van der Waals surface area contributed by atoms with Crippen LogP contribution in [-0.2, 0) is 10.4 Å². The summed E-state index contributed by atoms with van der Waals surface area (Å²) in [4.78, 5) is 20.8.